The van der Waals surface area contributed by atoms with Gasteiger partial charge in [0.15, 0.2) is 17.8 Å². The van der Waals surface area contributed by atoms with Crippen LogP contribution < -0.4 is 10.5 Å². The van der Waals surface area contributed by atoms with Crippen LogP contribution in [0.1, 0.15) is 60.9 Å². The Hall–Kier alpha value is -1.62. The van der Waals surface area contributed by atoms with Crippen molar-refractivity contribution in [3.63, 3.8) is 0 Å². The summed E-state index contributed by atoms with van der Waals surface area (Å²) in [6, 6.07) is 3.91. The Bertz CT molecular complexity index is 612. The van der Waals surface area contributed by atoms with E-state index < -0.39 is 11.7 Å². The van der Waals surface area contributed by atoms with Gasteiger partial charge in [-0.15, -0.1) is 0 Å². The van der Waals surface area contributed by atoms with Crippen LogP contribution in [0.15, 0.2) is 12.1 Å². The minimum absolute atomic E-state index is 0.0734. The molecule has 0 bridgehead atoms. The first-order chi connectivity index (χ1) is 11.1. The van der Waals surface area contributed by atoms with Crippen molar-refractivity contribution in [2.75, 3.05) is 0 Å². The molecule has 0 saturated heterocycles. The summed E-state index contributed by atoms with van der Waals surface area (Å²) in [5.74, 6) is -0.670. The number of nitrogens with zero attached hydrogens (tertiary/aromatic N) is 1. The molecule has 1 aliphatic heterocycles. The van der Waals surface area contributed by atoms with Gasteiger partial charge in [0, 0.05) is 29.6 Å². The van der Waals surface area contributed by atoms with Crippen molar-refractivity contribution < 1.29 is 13.9 Å². The van der Waals surface area contributed by atoms with E-state index in [1.807, 2.05) is 0 Å². The van der Waals surface area contributed by atoms with Crippen molar-refractivity contribution in [3.8, 4) is 5.75 Å². The van der Waals surface area contributed by atoms with Gasteiger partial charge in [-0.2, -0.15) is 0 Å². The van der Waals surface area contributed by atoms with Crippen molar-refractivity contribution in [3.05, 3.63) is 29.1 Å². The molecule has 0 unspecified atom stereocenters. The zero-order valence-corrected chi connectivity index (χ0v) is 13.3. The number of carbonyl (C=O) groups excluding carboxylic acids is 1. The molecule has 2 aliphatic carbocycles. The highest BCUT2D eigenvalue weighted by Crippen LogP contribution is 2.40. The van der Waals surface area contributed by atoms with Crippen molar-refractivity contribution in [2.24, 2.45) is 5.73 Å². The molecule has 0 aromatic heterocycles. The molecular formula is C18H23FN2O2. The minimum Gasteiger partial charge on any atom is -0.472 e. The van der Waals surface area contributed by atoms with Crippen LogP contribution in [-0.2, 0) is 6.42 Å². The molecule has 2 fully saturated rings. The van der Waals surface area contributed by atoms with Gasteiger partial charge >= 0.3 is 0 Å². The number of rotatable bonds is 4. The molecule has 1 aromatic rings. The zero-order chi connectivity index (χ0) is 16.0. The van der Waals surface area contributed by atoms with Gasteiger partial charge in [-0.1, -0.05) is 12.8 Å². The number of carbonyl (C=O) groups is 1. The summed E-state index contributed by atoms with van der Waals surface area (Å²) in [4.78, 5) is 14.1. The molecule has 4 rings (SSSR count). The average molecular weight is 318 g/mol. The first-order valence-electron chi connectivity index (χ1n) is 8.70. The molecule has 0 spiro atoms. The number of amides is 1. The van der Waals surface area contributed by atoms with Crippen LogP contribution in [-0.4, -0.2) is 29.1 Å². The monoisotopic (exact) mass is 318 g/mol. The Balaban J connectivity index is 1.62. The number of hydrogen-bond donors (Lipinski definition) is 1. The SMILES string of the molecule is NC(=O)c1ccc(F)c2c1CC[C@H](N(C1CCC1)C1CCC1)O2. The number of ether oxygens (including phenoxy) is 1. The Labute approximate surface area is 135 Å². The predicted octanol–water partition coefficient (Wildman–Crippen LogP) is 2.98. The lowest BCUT2D eigenvalue weighted by molar-refractivity contribution is -0.0879. The molecule has 4 nitrogen and oxygen atoms in total. The summed E-state index contributed by atoms with van der Waals surface area (Å²) in [6.45, 7) is 0. The molecule has 124 valence electrons. The second kappa shape index (κ2) is 5.78. The summed E-state index contributed by atoms with van der Waals surface area (Å²) < 4.78 is 20.3. The van der Waals surface area contributed by atoms with E-state index in [1.165, 1.54) is 50.7 Å². The van der Waals surface area contributed by atoms with Gasteiger partial charge in [0.05, 0.1) is 0 Å². The average Bonchev–Trinajstić information content (AvgIpc) is 2.42. The Kier molecular flexibility index (Phi) is 3.76. The van der Waals surface area contributed by atoms with Crippen molar-refractivity contribution in [1.29, 1.82) is 0 Å². The summed E-state index contributed by atoms with van der Waals surface area (Å²) in [6.07, 6.45) is 8.78. The number of primary amides is 1. The largest absolute Gasteiger partial charge is 0.472 e. The van der Waals surface area contributed by atoms with Crippen LogP contribution in [0.2, 0.25) is 0 Å². The first kappa shape index (κ1) is 14.9. The van der Waals surface area contributed by atoms with E-state index in [9.17, 15) is 9.18 Å². The van der Waals surface area contributed by atoms with E-state index in [-0.39, 0.29) is 12.0 Å². The quantitative estimate of drug-likeness (QED) is 0.928. The topological polar surface area (TPSA) is 55.6 Å². The molecule has 2 saturated carbocycles. The highest BCUT2D eigenvalue weighted by atomic mass is 19.1. The molecule has 0 radical (unpaired) electrons. The van der Waals surface area contributed by atoms with Crippen LogP contribution in [0.3, 0.4) is 0 Å². The highest BCUT2D eigenvalue weighted by molar-refractivity contribution is 5.95. The second-order valence-electron chi connectivity index (χ2n) is 6.99. The lowest BCUT2D eigenvalue weighted by Crippen LogP contribution is -2.57. The maximum atomic E-state index is 14.2. The van der Waals surface area contributed by atoms with Crippen LogP contribution in [0.5, 0.6) is 5.75 Å². The third-order valence-corrected chi connectivity index (χ3v) is 5.70. The van der Waals surface area contributed by atoms with Crippen LogP contribution in [0.4, 0.5) is 4.39 Å². The van der Waals surface area contributed by atoms with Gasteiger partial charge in [-0.25, -0.2) is 4.39 Å². The predicted molar refractivity (Wildman–Crippen MR) is 84.8 cm³/mol. The van der Waals surface area contributed by atoms with E-state index in [2.05, 4.69) is 4.90 Å². The van der Waals surface area contributed by atoms with E-state index >= 15 is 0 Å². The molecule has 1 aromatic carbocycles. The normalized spacial score (nSPS) is 24.5. The number of halogens is 1. The molecule has 3 aliphatic rings. The number of hydrogen-bond acceptors (Lipinski definition) is 3. The van der Waals surface area contributed by atoms with Crippen LogP contribution in [0.25, 0.3) is 0 Å². The molecule has 1 amide bonds. The fraction of sp³-hybridized carbons (Fsp3) is 0.611. The van der Waals surface area contributed by atoms with Gasteiger partial charge in [0.25, 0.3) is 0 Å². The molecular weight excluding hydrogens is 295 g/mol. The van der Waals surface area contributed by atoms with Gasteiger partial charge in [0.1, 0.15) is 0 Å². The Morgan fingerprint density at radius 3 is 2.30 bits per heavy atom. The maximum Gasteiger partial charge on any atom is 0.249 e. The summed E-state index contributed by atoms with van der Waals surface area (Å²) in [5, 5.41) is 0. The maximum absolute atomic E-state index is 14.2. The van der Waals surface area contributed by atoms with Crippen LogP contribution in [0, 0.1) is 5.82 Å². The third kappa shape index (κ3) is 2.51. The fourth-order valence-corrected chi connectivity index (χ4v) is 4.02. The van der Waals surface area contributed by atoms with Gasteiger partial charge in [-0.05, 0) is 44.2 Å². The highest BCUT2D eigenvalue weighted by Gasteiger charge is 2.41. The second-order valence-corrected chi connectivity index (χ2v) is 6.99. The van der Waals surface area contributed by atoms with E-state index in [0.717, 1.165) is 6.42 Å². The molecule has 2 N–H and O–H groups in total. The number of nitrogens with two attached hydrogens (primary N) is 1. The standard InChI is InChI=1S/C18H23FN2O2/c19-15-9-7-14(18(20)22)13-8-10-16(23-17(13)15)21(11-3-1-4-11)12-5-2-6-12/h7,9,11-12,16H,1-6,8,10H2,(H2,20,22)/t16-/m1/s1. The summed E-state index contributed by atoms with van der Waals surface area (Å²) >= 11 is 0. The van der Waals surface area contributed by atoms with Gasteiger partial charge in [-0.3, -0.25) is 9.69 Å². The van der Waals surface area contributed by atoms with Crippen molar-refractivity contribution in [1.82, 2.24) is 4.90 Å². The zero-order valence-electron chi connectivity index (χ0n) is 13.3. The lowest BCUT2D eigenvalue weighted by atomic mass is 9.83. The van der Waals surface area contributed by atoms with Gasteiger partial charge in [0.2, 0.25) is 5.91 Å². The summed E-state index contributed by atoms with van der Waals surface area (Å²) in [5.41, 5.74) is 6.44. The van der Waals surface area contributed by atoms with Crippen molar-refractivity contribution in [2.45, 2.75) is 69.7 Å². The van der Waals surface area contributed by atoms with Crippen LogP contribution >= 0.6 is 0 Å². The number of benzene rings is 1. The first-order valence-corrected chi connectivity index (χ1v) is 8.70. The fourth-order valence-electron chi connectivity index (χ4n) is 4.02. The third-order valence-electron chi connectivity index (χ3n) is 5.70. The molecule has 1 heterocycles. The minimum atomic E-state index is -0.516. The summed E-state index contributed by atoms with van der Waals surface area (Å²) in [7, 11) is 0. The van der Waals surface area contributed by atoms with E-state index in [0.29, 0.717) is 29.6 Å². The Morgan fingerprint density at radius 1 is 1.13 bits per heavy atom. The lowest BCUT2D eigenvalue weighted by Gasteiger charge is -2.50. The van der Waals surface area contributed by atoms with E-state index in [1.54, 1.807) is 0 Å². The van der Waals surface area contributed by atoms with Gasteiger partial charge < -0.3 is 10.5 Å². The molecule has 23 heavy (non-hydrogen) atoms. The number of fused-ring (bicyclic) bond motifs is 1. The van der Waals surface area contributed by atoms with E-state index in [4.69, 9.17) is 10.5 Å². The molecule has 5 heteroatoms. The Morgan fingerprint density at radius 2 is 1.78 bits per heavy atom. The van der Waals surface area contributed by atoms with Crippen molar-refractivity contribution >= 4 is 5.91 Å². The smallest absolute Gasteiger partial charge is 0.249 e. The molecule has 1 atom stereocenters.